The predicted octanol–water partition coefficient (Wildman–Crippen LogP) is 1.92. The SMILES string of the molecule is CCCNC(=O)C1CCN(c2nc3ncn(CC(=O)NCc4ccc(OC)cc4)c(=O)c3s2)CC1. The highest BCUT2D eigenvalue weighted by Gasteiger charge is 2.26. The Labute approximate surface area is 207 Å². The Hall–Kier alpha value is -3.47. The van der Waals surface area contributed by atoms with E-state index in [1.807, 2.05) is 31.2 Å². The van der Waals surface area contributed by atoms with Gasteiger partial charge in [0.05, 0.1) is 7.11 Å². The monoisotopic (exact) mass is 498 g/mol. The van der Waals surface area contributed by atoms with E-state index < -0.39 is 0 Å². The maximum Gasteiger partial charge on any atom is 0.273 e. The van der Waals surface area contributed by atoms with Crippen molar-refractivity contribution >= 4 is 38.6 Å². The second kappa shape index (κ2) is 11.3. The van der Waals surface area contributed by atoms with E-state index in [1.165, 1.54) is 22.2 Å². The first-order chi connectivity index (χ1) is 17.0. The Morgan fingerprint density at radius 2 is 1.91 bits per heavy atom. The molecule has 186 valence electrons. The average molecular weight is 499 g/mol. The van der Waals surface area contributed by atoms with Crippen molar-refractivity contribution in [2.45, 2.75) is 39.3 Å². The number of thiazole rings is 1. The molecule has 1 aromatic carbocycles. The van der Waals surface area contributed by atoms with Crippen LogP contribution in [0.2, 0.25) is 0 Å². The van der Waals surface area contributed by atoms with Crippen LogP contribution in [-0.2, 0) is 22.7 Å². The van der Waals surface area contributed by atoms with Crippen LogP contribution in [0.4, 0.5) is 5.13 Å². The Bertz CT molecular complexity index is 1230. The first-order valence-electron chi connectivity index (χ1n) is 11.8. The standard InChI is InChI=1S/C24H30N6O4S/c1-3-10-25-22(32)17-8-11-29(12-9-17)24-28-21-20(35-24)23(33)30(15-27-21)14-19(31)26-13-16-4-6-18(34-2)7-5-16/h4-7,15,17H,3,8-14H2,1-2H3,(H,25,32)(H,26,31). The molecule has 0 unspecified atom stereocenters. The van der Waals surface area contributed by atoms with Crippen molar-refractivity contribution in [1.82, 2.24) is 25.2 Å². The van der Waals surface area contributed by atoms with Gasteiger partial charge in [0, 0.05) is 32.1 Å². The van der Waals surface area contributed by atoms with E-state index in [0.717, 1.165) is 35.7 Å². The number of rotatable bonds is 9. The first kappa shape index (κ1) is 24.6. The molecule has 10 nitrogen and oxygen atoms in total. The van der Waals surface area contributed by atoms with Crippen LogP contribution in [0.15, 0.2) is 35.4 Å². The summed E-state index contributed by atoms with van der Waals surface area (Å²) in [7, 11) is 1.60. The van der Waals surface area contributed by atoms with Crippen molar-refractivity contribution in [1.29, 1.82) is 0 Å². The summed E-state index contributed by atoms with van der Waals surface area (Å²) in [4.78, 5) is 48.6. The minimum absolute atomic E-state index is 0.0129. The quantitative estimate of drug-likeness (QED) is 0.463. The molecule has 1 saturated heterocycles. The summed E-state index contributed by atoms with van der Waals surface area (Å²) < 4.78 is 6.86. The minimum Gasteiger partial charge on any atom is -0.497 e. The van der Waals surface area contributed by atoms with Crippen LogP contribution in [0.1, 0.15) is 31.7 Å². The summed E-state index contributed by atoms with van der Waals surface area (Å²) in [5, 5.41) is 6.51. The van der Waals surface area contributed by atoms with Crippen molar-refractivity contribution < 1.29 is 14.3 Å². The maximum absolute atomic E-state index is 13.0. The molecule has 0 atom stereocenters. The average Bonchev–Trinajstić information content (AvgIpc) is 3.33. The van der Waals surface area contributed by atoms with Gasteiger partial charge in [-0.2, -0.15) is 4.98 Å². The van der Waals surface area contributed by atoms with E-state index in [1.54, 1.807) is 7.11 Å². The number of nitrogens with zero attached hydrogens (tertiary/aromatic N) is 4. The molecule has 2 aromatic heterocycles. The third-order valence-electron chi connectivity index (χ3n) is 6.02. The molecule has 0 bridgehead atoms. The minimum atomic E-state index is -0.285. The molecule has 1 aliphatic rings. The van der Waals surface area contributed by atoms with Gasteiger partial charge in [0.2, 0.25) is 11.8 Å². The number of hydrogen-bond donors (Lipinski definition) is 2. The molecular weight excluding hydrogens is 468 g/mol. The summed E-state index contributed by atoms with van der Waals surface area (Å²) in [6.45, 7) is 4.37. The van der Waals surface area contributed by atoms with Crippen molar-refractivity contribution in [2.75, 3.05) is 31.6 Å². The summed E-state index contributed by atoms with van der Waals surface area (Å²) in [6, 6.07) is 7.40. The molecule has 0 saturated carbocycles. The molecule has 3 aromatic rings. The van der Waals surface area contributed by atoms with Gasteiger partial charge in [-0.3, -0.25) is 19.0 Å². The van der Waals surface area contributed by atoms with Crippen molar-refractivity contribution in [3.63, 3.8) is 0 Å². The van der Waals surface area contributed by atoms with Gasteiger partial charge in [0.25, 0.3) is 5.56 Å². The summed E-state index contributed by atoms with van der Waals surface area (Å²) in [5.41, 5.74) is 1.03. The van der Waals surface area contributed by atoms with Crippen LogP contribution >= 0.6 is 11.3 Å². The Kier molecular flexibility index (Phi) is 7.96. The molecule has 3 heterocycles. The van der Waals surface area contributed by atoms with Crippen LogP contribution < -0.4 is 25.8 Å². The van der Waals surface area contributed by atoms with E-state index in [9.17, 15) is 14.4 Å². The number of benzene rings is 1. The third-order valence-corrected chi connectivity index (χ3v) is 7.11. The summed E-state index contributed by atoms with van der Waals surface area (Å²) >= 11 is 1.28. The van der Waals surface area contributed by atoms with E-state index in [-0.39, 0.29) is 29.8 Å². The van der Waals surface area contributed by atoms with Crippen LogP contribution in [-0.4, -0.2) is 53.1 Å². The number of aromatic nitrogens is 3. The van der Waals surface area contributed by atoms with Crippen molar-refractivity contribution in [3.05, 3.63) is 46.5 Å². The van der Waals surface area contributed by atoms with Crippen LogP contribution in [0.25, 0.3) is 10.3 Å². The van der Waals surface area contributed by atoms with Crippen LogP contribution in [0, 0.1) is 5.92 Å². The number of methoxy groups -OCH3 is 1. The normalized spacial score (nSPS) is 14.2. The molecule has 1 fully saturated rings. The third kappa shape index (κ3) is 5.97. The molecular formula is C24H30N6O4S. The number of carbonyl (C=O) groups is 2. The second-order valence-electron chi connectivity index (χ2n) is 8.50. The molecule has 2 N–H and O–H groups in total. The lowest BCUT2D eigenvalue weighted by atomic mass is 9.96. The van der Waals surface area contributed by atoms with E-state index in [2.05, 4.69) is 25.5 Å². The van der Waals surface area contributed by atoms with Crippen LogP contribution in [0.5, 0.6) is 5.75 Å². The predicted molar refractivity (Wildman–Crippen MR) is 135 cm³/mol. The molecule has 2 amide bonds. The molecule has 11 heteroatoms. The number of anilines is 1. The Morgan fingerprint density at radius 1 is 1.17 bits per heavy atom. The molecule has 0 aliphatic carbocycles. The van der Waals surface area contributed by atoms with Gasteiger partial charge in [0.1, 0.15) is 23.3 Å². The lowest BCUT2D eigenvalue weighted by molar-refractivity contribution is -0.125. The molecule has 4 rings (SSSR count). The van der Waals surface area contributed by atoms with Gasteiger partial charge in [-0.05, 0) is 37.0 Å². The number of hydrogen-bond acceptors (Lipinski definition) is 8. The highest BCUT2D eigenvalue weighted by atomic mass is 32.1. The lowest BCUT2D eigenvalue weighted by Crippen LogP contribution is -2.40. The fraction of sp³-hybridized carbons (Fsp3) is 0.458. The van der Waals surface area contributed by atoms with Gasteiger partial charge in [-0.15, -0.1) is 0 Å². The fourth-order valence-electron chi connectivity index (χ4n) is 3.96. The number of piperidine rings is 1. The summed E-state index contributed by atoms with van der Waals surface area (Å²) in [5.74, 6) is 0.596. The number of carbonyl (C=O) groups excluding carboxylic acids is 2. The molecule has 1 aliphatic heterocycles. The first-order valence-corrected chi connectivity index (χ1v) is 12.6. The number of nitrogens with one attached hydrogen (secondary N) is 2. The zero-order valence-corrected chi connectivity index (χ0v) is 20.8. The Balaban J connectivity index is 1.36. The Morgan fingerprint density at radius 3 is 2.60 bits per heavy atom. The topological polar surface area (TPSA) is 118 Å². The van der Waals surface area contributed by atoms with Gasteiger partial charge >= 0.3 is 0 Å². The maximum atomic E-state index is 13.0. The molecule has 35 heavy (non-hydrogen) atoms. The van der Waals surface area contributed by atoms with Gasteiger partial charge < -0.3 is 20.3 Å². The van der Waals surface area contributed by atoms with Crippen LogP contribution in [0.3, 0.4) is 0 Å². The number of ether oxygens (including phenoxy) is 1. The second-order valence-corrected chi connectivity index (χ2v) is 9.48. The fourth-order valence-corrected chi connectivity index (χ4v) is 4.98. The number of amides is 2. The smallest absolute Gasteiger partial charge is 0.273 e. The number of fused-ring (bicyclic) bond motifs is 1. The van der Waals surface area contributed by atoms with Gasteiger partial charge in [0.15, 0.2) is 10.8 Å². The zero-order chi connectivity index (χ0) is 24.8. The zero-order valence-electron chi connectivity index (χ0n) is 20.0. The van der Waals surface area contributed by atoms with E-state index in [0.29, 0.717) is 36.5 Å². The lowest BCUT2D eigenvalue weighted by Gasteiger charge is -2.30. The highest BCUT2D eigenvalue weighted by Crippen LogP contribution is 2.29. The largest absolute Gasteiger partial charge is 0.497 e. The van der Waals surface area contributed by atoms with E-state index in [4.69, 9.17) is 4.74 Å². The summed E-state index contributed by atoms with van der Waals surface area (Å²) in [6.07, 6.45) is 3.78. The van der Waals surface area contributed by atoms with Gasteiger partial charge in [-0.1, -0.05) is 30.4 Å². The van der Waals surface area contributed by atoms with E-state index >= 15 is 0 Å². The van der Waals surface area contributed by atoms with Crippen molar-refractivity contribution in [2.24, 2.45) is 5.92 Å². The van der Waals surface area contributed by atoms with Gasteiger partial charge in [-0.25, -0.2) is 4.98 Å². The molecule has 0 spiro atoms. The molecule has 0 radical (unpaired) electrons. The van der Waals surface area contributed by atoms with Crippen molar-refractivity contribution in [3.8, 4) is 5.75 Å². The highest BCUT2D eigenvalue weighted by molar-refractivity contribution is 7.22.